The van der Waals surface area contributed by atoms with Gasteiger partial charge in [0.2, 0.25) is 0 Å². The number of aryl methyl sites for hydroxylation is 1. The van der Waals surface area contributed by atoms with Crippen LogP contribution in [-0.4, -0.2) is 41.0 Å². The van der Waals surface area contributed by atoms with E-state index in [1.165, 1.54) is 5.56 Å². The Balaban J connectivity index is 1.64. The molecule has 1 fully saturated rings. The largest absolute Gasteiger partial charge is 0.466 e. The molecule has 3 aromatic rings. The van der Waals surface area contributed by atoms with Crippen LogP contribution in [0, 0.1) is 12.8 Å². The van der Waals surface area contributed by atoms with E-state index in [1.54, 1.807) is 11.3 Å². The number of hydrogen-bond acceptors (Lipinski definition) is 4. The number of halogens is 1. The Labute approximate surface area is 188 Å². The second-order valence-corrected chi connectivity index (χ2v) is 10.2. The van der Waals surface area contributed by atoms with E-state index in [4.69, 9.17) is 4.74 Å². The van der Waals surface area contributed by atoms with Gasteiger partial charge in [0, 0.05) is 19.6 Å². The standard InChI is InChI=1S/C23H25BrN2O3S/c1-3-29-23(28)17-5-4-10-25(14-17)22(27)19-11-20-18(12-21(24)30-20)26(19)13-16-8-6-15(2)7-9-16/h6-9,11-12,17H,3-5,10,13-14H2,1-2H3/t17-/m1/s1. The summed E-state index contributed by atoms with van der Waals surface area (Å²) in [6.07, 6.45) is 1.59. The van der Waals surface area contributed by atoms with Crippen molar-refractivity contribution in [3.05, 3.63) is 57.0 Å². The van der Waals surface area contributed by atoms with Gasteiger partial charge in [-0.1, -0.05) is 29.8 Å². The van der Waals surface area contributed by atoms with E-state index in [1.807, 2.05) is 17.9 Å². The van der Waals surface area contributed by atoms with Crippen LogP contribution in [0.4, 0.5) is 0 Å². The van der Waals surface area contributed by atoms with Crippen LogP contribution in [-0.2, 0) is 16.1 Å². The average molecular weight is 489 g/mol. The molecule has 1 amide bonds. The lowest BCUT2D eigenvalue weighted by Crippen LogP contribution is -2.43. The first kappa shape index (κ1) is 21.1. The molecule has 1 aromatic carbocycles. The van der Waals surface area contributed by atoms with Gasteiger partial charge in [0.15, 0.2) is 0 Å². The van der Waals surface area contributed by atoms with Gasteiger partial charge in [0.25, 0.3) is 5.91 Å². The lowest BCUT2D eigenvalue weighted by Gasteiger charge is -2.31. The van der Waals surface area contributed by atoms with Crippen molar-refractivity contribution in [1.82, 2.24) is 9.47 Å². The molecule has 0 aliphatic carbocycles. The number of amides is 1. The van der Waals surface area contributed by atoms with Gasteiger partial charge in [-0.3, -0.25) is 9.59 Å². The third kappa shape index (κ3) is 4.32. The Bertz CT molecular complexity index is 1070. The number of ether oxygens (including phenoxy) is 1. The van der Waals surface area contributed by atoms with Crippen LogP contribution >= 0.6 is 27.3 Å². The number of esters is 1. The van der Waals surface area contributed by atoms with E-state index in [2.05, 4.69) is 57.8 Å². The number of carbonyl (C=O) groups excluding carboxylic acids is 2. The summed E-state index contributed by atoms with van der Waals surface area (Å²) in [5, 5.41) is 0. The molecule has 1 aliphatic heterocycles. The monoisotopic (exact) mass is 488 g/mol. The first-order valence-corrected chi connectivity index (χ1v) is 11.9. The predicted octanol–water partition coefficient (Wildman–Crippen LogP) is 5.24. The summed E-state index contributed by atoms with van der Waals surface area (Å²) in [6.45, 7) is 5.97. The maximum absolute atomic E-state index is 13.5. The van der Waals surface area contributed by atoms with E-state index in [9.17, 15) is 9.59 Å². The smallest absolute Gasteiger partial charge is 0.310 e. The molecule has 0 bridgehead atoms. The van der Waals surface area contributed by atoms with Crippen LogP contribution in [0.1, 0.15) is 41.4 Å². The quantitative estimate of drug-likeness (QED) is 0.461. The van der Waals surface area contributed by atoms with Crippen molar-refractivity contribution in [2.75, 3.05) is 19.7 Å². The highest BCUT2D eigenvalue weighted by Gasteiger charge is 2.31. The molecule has 1 aliphatic rings. The van der Waals surface area contributed by atoms with Gasteiger partial charge < -0.3 is 14.2 Å². The van der Waals surface area contributed by atoms with Crippen molar-refractivity contribution in [1.29, 1.82) is 0 Å². The van der Waals surface area contributed by atoms with Crippen molar-refractivity contribution >= 4 is 49.4 Å². The predicted molar refractivity (Wildman–Crippen MR) is 123 cm³/mol. The van der Waals surface area contributed by atoms with Crippen LogP contribution in [0.15, 0.2) is 40.2 Å². The lowest BCUT2D eigenvalue weighted by molar-refractivity contribution is -0.149. The topological polar surface area (TPSA) is 51.5 Å². The number of thiophene rings is 1. The highest BCUT2D eigenvalue weighted by atomic mass is 79.9. The van der Waals surface area contributed by atoms with Crippen LogP contribution in [0.3, 0.4) is 0 Å². The summed E-state index contributed by atoms with van der Waals surface area (Å²) >= 11 is 5.20. The summed E-state index contributed by atoms with van der Waals surface area (Å²) < 4.78 is 9.41. The van der Waals surface area contributed by atoms with E-state index in [-0.39, 0.29) is 17.8 Å². The molecule has 7 heteroatoms. The van der Waals surface area contributed by atoms with Gasteiger partial charge in [-0.15, -0.1) is 11.3 Å². The third-order valence-electron chi connectivity index (χ3n) is 5.57. The number of benzene rings is 1. The maximum Gasteiger partial charge on any atom is 0.310 e. The number of aromatic nitrogens is 1. The summed E-state index contributed by atoms with van der Waals surface area (Å²) in [6, 6.07) is 12.5. The van der Waals surface area contributed by atoms with Crippen molar-refractivity contribution in [3.8, 4) is 0 Å². The molecular weight excluding hydrogens is 464 g/mol. The second-order valence-electron chi connectivity index (χ2n) is 7.74. The van der Waals surface area contributed by atoms with E-state index in [0.717, 1.165) is 32.4 Å². The maximum atomic E-state index is 13.5. The Morgan fingerprint density at radius 1 is 1.23 bits per heavy atom. The molecule has 30 heavy (non-hydrogen) atoms. The molecule has 1 atom stereocenters. The van der Waals surface area contributed by atoms with E-state index < -0.39 is 0 Å². The number of rotatable bonds is 5. The minimum absolute atomic E-state index is 0.0179. The Morgan fingerprint density at radius 2 is 2.00 bits per heavy atom. The average Bonchev–Trinajstić information content (AvgIpc) is 3.26. The molecule has 1 saturated heterocycles. The van der Waals surface area contributed by atoms with Gasteiger partial charge in [-0.25, -0.2) is 0 Å². The Kier molecular flexibility index (Phi) is 6.29. The van der Waals surface area contributed by atoms with Gasteiger partial charge in [0.05, 0.1) is 26.5 Å². The molecule has 0 N–H and O–H groups in total. The third-order valence-corrected chi connectivity index (χ3v) is 7.14. The highest BCUT2D eigenvalue weighted by molar-refractivity contribution is 9.11. The fourth-order valence-corrected chi connectivity index (χ4v) is 5.58. The second kappa shape index (κ2) is 8.94. The number of likely N-dealkylation sites (tertiary alicyclic amines) is 1. The minimum atomic E-state index is -0.238. The zero-order chi connectivity index (χ0) is 21.3. The zero-order valence-electron chi connectivity index (χ0n) is 17.2. The van der Waals surface area contributed by atoms with Crippen molar-refractivity contribution < 1.29 is 14.3 Å². The van der Waals surface area contributed by atoms with Gasteiger partial charge >= 0.3 is 5.97 Å². The molecular formula is C23H25BrN2O3S. The summed E-state index contributed by atoms with van der Waals surface area (Å²) in [7, 11) is 0. The summed E-state index contributed by atoms with van der Waals surface area (Å²) in [5.74, 6) is -0.455. The summed E-state index contributed by atoms with van der Waals surface area (Å²) in [4.78, 5) is 27.5. The lowest BCUT2D eigenvalue weighted by atomic mass is 9.98. The minimum Gasteiger partial charge on any atom is -0.466 e. The number of nitrogens with zero attached hydrogens (tertiary/aromatic N) is 2. The van der Waals surface area contributed by atoms with Crippen LogP contribution < -0.4 is 0 Å². The first-order chi connectivity index (χ1) is 14.5. The molecule has 0 spiro atoms. The number of hydrogen-bond donors (Lipinski definition) is 0. The van der Waals surface area contributed by atoms with Gasteiger partial charge in [-0.2, -0.15) is 0 Å². The van der Waals surface area contributed by atoms with Crippen molar-refractivity contribution in [2.45, 2.75) is 33.2 Å². The van der Waals surface area contributed by atoms with Gasteiger partial charge in [-0.05, 0) is 60.3 Å². The van der Waals surface area contributed by atoms with Crippen molar-refractivity contribution in [3.63, 3.8) is 0 Å². The molecule has 0 unspecified atom stereocenters. The fraction of sp³-hybridized carbons (Fsp3) is 0.391. The van der Waals surface area contributed by atoms with Gasteiger partial charge in [0.1, 0.15) is 5.69 Å². The molecule has 5 nitrogen and oxygen atoms in total. The molecule has 0 saturated carbocycles. The molecule has 0 radical (unpaired) electrons. The molecule has 158 valence electrons. The molecule has 4 rings (SSSR count). The molecule has 2 aromatic heterocycles. The molecule has 3 heterocycles. The van der Waals surface area contributed by atoms with Crippen LogP contribution in [0.5, 0.6) is 0 Å². The Morgan fingerprint density at radius 3 is 2.73 bits per heavy atom. The van der Waals surface area contributed by atoms with Crippen LogP contribution in [0.25, 0.3) is 10.2 Å². The van der Waals surface area contributed by atoms with E-state index in [0.29, 0.717) is 31.9 Å². The SMILES string of the molecule is CCOC(=O)[C@@H]1CCCN(C(=O)c2cc3sc(Br)cc3n2Cc2ccc(C)cc2)C1. The fourth-order valence-electron chi connectivity index (χ4n) is 4.01. The number of carbonyl (C=O) groups is 2. The number of fused-ring (bicyclic) bond motifs is 1. The summed E-state index contributed by atoms with van der Waals surface area (Å²) in [5.41, 5.74) is 4.09. The normalized spacial score (nSPS) is 16.8. The van der Waals surface area contributed by atoms with Crippen molar-refractivity contribution in [2.24, 2.45) is 5.92 Å². The highest BCUT2D eigenvalue weighted by Crippen LogP contribution is 2.34. The van der Waals surface area contributed by atoms with E-state index >= 15 is 0 Å². The first-order valence-electron chi connectivity index (χ1n) is 10.3. The van der Waals surface area contributed by atoms with Crippen LogP contribution in [0.2, 0.25) is 0 Å². The Hall–Kier alpha value is -2.12. The zero-order valence-corrected chi connectivity index (χ0v) is 19.6. The number of piperidine rings is 1.